The lowest BCUT2D eigenvalue weighted by Gasteiger charge is -2.30. The SMILES string of the molecule is CCCCCCC1CCC(c2cccc(N=C=S)c2OCCC)CC1. The zero-order chi connectivity index (χ0) is 17.9. The number of para-hydroxylation sites is 1. The monoisotopic (exact) mass is 359 g/mol. The molecule has 0 unspecified atom stereocenters. The van der Waals surface area contributed by atoms with Gasteiger partial charge in [-0.2, -0.15) is 4.99 Å². The fraction of sp³-hybridized carbons (Fsp3) is 0.682. The van der Waals surface area contributed by atoms with Crippen LogP contribution in [0.2, 0.25) is 0 Å². The summed E-state index contributed by atoms with van der Waals surface area (Å²) in [7, 11) is 0. The topological polar surface area (TPSA) is 21.6 Å². The zero-order valence-corrected chi connectivity index (χ0v) is 16.7. The molecule has 1 saturated carbocycles. The van der Waals surface area contributed by atoms with Gasteiger partial charge in [-0.05, 0) is 67.8 Å². The van der Waals surface area contributed by atoms with Crippen molar-refractivity contribution in [3.8, 4) is 5.75 Å². The Morgan fingerprint density at radius 1 is 1.08 bits per heavy atom. The molecule has 0 heterocycles. The second-order valence-electron chi connectivity index (χ2n) is 7.31. The number of thiocarbonyl (C=S) groups is 1. The Morgan fingerprint density at radius 2 is 1.88 bits per heavy atom. The fourth-order valence-electron chi connectivity index (χ4n) is 3.98. The van der Waals surface area contributed by atoms with E-state index < -0.39 is 0 Å². The molecule has 1 fully saturated rings. The van der Waals surface area contributed by atoms with E-state index >= 15 is 0 Å². The summed E-state index contributed by atoms with van der Waals surface area (Å²) in [5.41, 5.74) is 2.16. The van der Waals surface area contributed by atoms with Crippen molar-refractivity contribution in [2.75, 3.05) is 6.61 Å². The van der Waals surface area contributed by atoms with E-state index in [0.717, 1.165) is 30.4 Å². The van der Waals surface area contributed by atoms with Gasteiger partial charge < -0.3 is 4.74 Å². The number of rotatable bonds is 10. The van der Waals surface area contributed by atoms with Gasteiger partial charge in [0.2, 0.25) is 0 Å². The highest BCUT2D eigenvalue weighted by molar-refractivity contribution is 7.78. The van der Waals surface area contributed by atoms with Crippen LogP contribution in [0.1, 0.15) is 89.5 Å². The predicted octanol–water partition coefficient (Wildman–Crippen LogP) is 7.45. The highest BCUT2D eigenvalue weighted by atomic mass is 32.1. The second-order valence-corrected chi connectivity index (χ2v) is 7.50. The Bertz CT molecular complexity index is 557. The minimum absolute atomic E-state index is 0.596. The van der Waals surface area contributed by atoms with Crippen LogP contribution in [0.25, 0.3) is 0 Å². The van der Waals surface area contributed by atoms with E-state index in [1.165, 1.54) is 63.4 Å². The first kappa shape index (κ1) is 20.1. The quantitative estimate of drug-likeness (QED) is 0.246. The molecule has 0 spiro atoms. The number of ether oxygens (including phenoxy) is 1. The third-order valence-electron chi connectivity index (χ3n) is 5.39. The number of isothiocyanates is 1. The van der Waals surface area contributed by atoms with Gasteiger partial charge in [-0.15, -0.1) is 0 Å². The maximum Gasteiger partial charge on any atom is 0.149 e. The Morgan fingerprint density at radius 3 is 2.56 bits per heavy atom. The summed E-state index contributed by atoms with van der Waals surface area (Å²) >= 11 is 4.81. The average Bonchev–Trinajstić information content (AvgIpc) is 2.65. The van der Waals surface area contributed by atoms with Crippen molar-refractivity contribution in [2.24, 2.45) is 10.9 Å². The molecule has 1 aliphatic rings. The fourth-order valence-corrected chi connectivity index (χ4v) is 4.08. The van der Waals surface area contributed by atoms with E-state index in [2.05, 4.69) is 36.1 Å². The molecular formula is C22H33NOS. The third kappa shape index (κ3) is 6.24. The van der Waals surface area contributed by atoms with Crippen LogP contribution >= 0.6 is 12.2 Å². The van der Waals surface area contributed by atoms with Crippen LogP contribution in [0.4, 0.5) is 5.69 Å². The van der Waals surface area contributed by atoms with Crippen LogP contribution in [0.3, 0.4) is 0 Å². The number of unbranched alkanes of at least 4 members (excludes halogenated alkanes) is 3. The first-order chi connectivity index (χ1) is 12.3. The molecule has 3 heteroatoms. The lowest BCUT2D eigenvalue weighted by molar-refractivity contribution is 0.285. The summed E-state index contributed by atoms with van der Waals surface area (Å²) in [6, 6.07) is 6.28. The number of benzene rings is 1. The molecule has 0 amide bonds. The first-order valence-corrected chi connectivity index (χ1v) is 10.5. The van der Waals surface area contributed by atoms with Crippen LogP contribution in [0.5, 0.6) is 5.75 Å². The molecule has 0 bridgehead atoms. The molecule has 1 aromatic rings. The summed E-state index contributed by atoms with van der Waals surface area (Å²) < 4.78 is 6.06. The van der Waals surface area contributed by atoms with E-state index in [4.69, 9.17) is 17.0 Å². The van der Waals surface area contributed by atoms with Crippen molar-refractivity contribution in [3.63, 3.8) is 0 Å². The van der Waals surface area contributed by atoms with Gasteiger partial charge >= 0.3 is 0 Å². The van der Waals surface area contributed by atoms with Crippen molar-refractivity contribution in [1.29, 1.82) is 0 Å². The maximum atomic E-state index is 6.06. The summed E-state index contributed by atoms with van der Waals surface area (Å²) in [5.74, 6) is 2.46. The third-order valence-corrected chi connectivity index (χ3v) is 5.49. The average molecular weight is 360 g/mol. The number of aliphatic imine (C=N–C) groups is 1. The highest BCUT2D eigenvalue weighted by Crippen LogP contribution is 2.44. The van der Waals surface area contributed by atoms with Gasteiger partial charge in [-0.25, -0.2) is 0 Å². The van der Waals surface area contributed by atoms with Crippen molar-refractivity contribution < 1.29 is 4.74 Å². The lowest BCUT2D eigenvalue weighted by atomic mass is 9.76. The lowest BCUT2D eigenvalue weighted by Crippen LogP contribution is -2.14. The zero-order valence-electron chi connectivity index (χ0n) is 15.9. The molecule has 25 heavy (non-hydrogen) atoms. The minimum atomic E-state index is 0.596. The van der Waals surface area contributed by atoms with E-state index in [1.54, 1.807) is 0 Å². The van der Waals surface area contributed by atoms with Gasteiger partial charge in [0, 0.05) is 0 Å². The van der Waals surface area contributed by atoms with Gasteiger partial charge in [-0.3, -0.25) is 0 Å². The van der Waals surface area contributed by atoms with Gasteiger partial charge in [0.15, 0.2) is 0 Å². The van der Waals surface area contributed by atoms with E-state index in [0.29, 0.717) is 5.92 Å². The molecule has 0 saturated heterocycles. The van der Waals surface area contributed by atoms with Gasteiger partial charge in [0.1, 0.15) is 11.4 Å². The molecule has 2 rings (SSSR count). The molecular weight excluding hydrogens is 326 g/mol. The summed E-state index contributed by atoms with van der Waals surface area (Å²) in [6.07, 6.45) is 13.2. The number of nitrogens with zero attached hydrogens (tertiary/aromatic N) is 1. The van der Waals surface area contributed by atoms with Gasteiger partial charge in [-0.1, -0.05) is 58.1 Å². The van der Waals surface area contributed by atoms with E-state index in [-0.39, 0.29) is 0 Å². The molecule has 1 aromatic carbocycles. The van der Waals surface area contributed by atoms with Crippen LogP contribution in [-0.4, -0.2) is 11.8 Å². The standard InChI is InChI=1S/C22H33NOS/c1-3-5-6-7-9-18-12-14-19(15-13-18)20-10-8-11-21(23-17-25)22(20)24-16-4-2/h8,10-11,18-19H,3-7,9,12-16H2,1-2H3. The van der Waals surface area contributed by atoms with Crippen molar-refractivity contribution >= 4 is 23.1 Å². The Kier molecular flexibility index (Phi) is 9.21. The summed E-state index contributed by atoms with van der Waals surface area (Å²) in [5, 5.41) is 2.50. The summed E-state index contributed by atoms with van der Waals surface area (Å²) in [6.45, 7) is 5.14. The van der Waals surface area contributed by atoms with E-state index in [1.807, 2.05) is 6.07 Å². The smallest absolute Gasteiger partial charge is 0.149 e. The van der Waals surface area contributed by atoms with Crippen LogP contribution < -0.4 is 4.74 Å². The largest absolute Gasteiger partial charge is 0.491 e. The number of hydrogen-bond acceptors (Lipinski definition) is 3. The molecule has 1 aliphatic carbocycles. The molecule has 2 nitrogen and oxygen atoms in total. The minimum Gasteiger partial charge on any atom is -0.491 e. The van der Waals surface area contributed by atoms with Gasteiger partial charge in [0.05, 0.1) is 11.8 Å². The van der Waals surface area contributed by atoms with Crippen LogP contribution in [0, 0.1) is 5.92 Å². The Labute approximate surface area is 159 Å². The van der Waals surface area contributed by atoms with Crippen molar-refractivity contribution in [3.05, 3.63) is 23.8 Å². The summed E-state index contributed by atoms with van der Waals surface area (Å²) in [4.78, 5) is 4.23. The highest BCUT2D eigenvalue weighted by Gasteiger charge is 2.25. The molecule has 0 N–H and O–H groups in total. The molecule has 0 aliphatic heterocycles. The van der Waals surface area contributed by atoms with Crippen molar-refractivity contribution in [1.82, 2.24) is 0 Å². The normalized spacial score (nSPS) is 20.1. The van der Waals surface area contributed by atoms with Crippen LogP contribution in [0.15, 0.2) is 23.2 Å². The Balaban J connectivity index is 1.99. The number of hydrogen-bond donors (Lipinski definition) is 0. The molecule has 138 valence electrons. The first-order valence-electron chi connectivity index (χ1n) is 10.1. The van der Waals surface area contributed by atoms with E-state index in [9.17, 15) is 0 Å². The molecule has 0 atom stereocenters. The molecule has 0 radical (unpaired) electrons. The van der Waals surface area contributed by atoms with Crippen molar-refractivity contribution in [2.45, 2.75) is 84.0 Å². The van der Waals surface area contributed by atoms with Crippen LogP contribution in [-0.2, 0) is 0 Å². The van der Waals surface area contributed by atoms with Gasteiger partial charge in [0.25, 0.3) is 0 Å². The maximum absolute atomic E-state index is 6.06. The second kappa shape index (κ2) is 11.4. The molecule has 0 aromatic heterocycles. The Hall–Kier alpha value is -1.18. The predicted molar refractivity (Wildman–Crippen MR) is 110 cm³/mol.